The van der Waals surface area contributed by atoms with Gasteiger partial charge in [0, 0.05) is 22.2 Å². The Kier molecular flexibility index (Phi) is 7.13. The van der Waals surface area contributed by atoms with Gasteiger partial charge in [-0.2, -0.15) is 0 Å². The third-order valence-corrected chi connectivity index (χ3v) is 6.88. The van der Waals surface area contributed by atoms with E-state index in [1.54, 1.807) is 53.9 Å². The van der Waals surface area contributed by atoms with Gasteiger partial charge in [-0.1, -0.05) is 41.9 Å². The van der Waals surface area contributed by atoms with Crippen molar-refractivity contribution < 1.29 is 19.6 Å². The monoisotopic (exact) mass is 560 g/mol. The lowest BCUT2D eigenvalue weighted by Crippen LogP contribution is -2.32. The van der Waals surface area contributed by atoms with Gasteiger partial charge in [0.1, 0.15) is 10.7 Å². The SMILES string of the molecule is Cc1cccc(N2C(=O)C(Cl)=C(Nc3cccc(C(=O)Nc4nc(-c5cccc(N([O-])O)c5)cs4)c3)C2=O)c1. The quantitative estimate of drug-likeness (QED) is 0.199. The van der Waals surface area contributed by atoms with E-state index in [1.807, 2.05) is 13.0 Å². The lowest BCUT2D eigenvalue weighted by molar-refractivity contribution is -0.120. The number of hydrogen-bond donors (Lipinski definition) is 3. The fourth-order valence-corrected chi connectivity index (χ4v) is 4.84. The van der Waals surface area contributed by atoms with E-state index >= 15 is 0 Å². The molecular formula is C27H19ClN5O5S-. The number of aryl methyl sites for hydroxylation is 1. The van der Waals surface area contributed by atoms with Gasteiger partial charge in [0.15, 0.2) is 5.13 Å². The fraction of sp³-hybridized carbons (Fsp3) is 0.0370. The summed E-state index contributed by atoms with van der Waals surface area (Å²) in [5.41, 5.74) is 3.00. The number of rotatable bonds is 7. The van der Waals surface area contributed by atoms with Crippen molar-refractivity contribution in [1.82, 2.24) is 4.98 Å². The molecule has 0 saturated heterocycles. The number of anilines is 4. The summed E-state index contributed by atoms with van der Waals surface area (Å²) in [6, 6.07) is 19.5. The molecule has 3 N–H and O–H groups in total. The molecule has 39 heavy (non-hydrogen) atoms. The van der Waals surface area contributed by atoms with E-state index in [2.05, 4.69) is 15.6 Å². The highest BCUT2D eigenvalue weighted by Gasteiger charge is 2.39. The Morgan fingerprint density at radius 1 is 1.05 bits per heavy atom. The first-order valence-electron chi connectivity index (χ1n) is 11.5. The second kappa shape index (κ2) is 10.7. The van der Waals surface area contributed by atoms with Crippen molar-refractivity contribution in [3.8, 4) is 11.3 Å². The molecule has 3 aromatic carbocycles. The van der Waals surface area contributed by atoms with Crippen LogP contribution in [-0.2, 0) is 9.59 Å². The van der Waals surface area contributed by atoms with Crippen LogP contribution in [0.3, 0.4) is 0 Å². The predicted octanol–water partition coefficient (Wildman–Crippen LogP) is 5.50. The molecule has 2 heterocycles. The summed E-state index contributed by atoms with van der Waals surface area (Å²) in [6.45, 7) is 1.85. The van der Waals surface area contributed by atoms with Crippen LogP contribution in [0.2, 0.25) is 0 Å². The number of hydrogen-bond acceptors (Lipinski definition) is 9. The topological polar surface area (TPSA) is 138 Å². The van der Waals surface area contributed by atoms with E-state index in [-0.39, 0.29) is 27.2 Å². The van der Waals surface area contributed by atoms with Gasteiger partial charge < -0.3 is 15.8 Å². The minimum absolute atomic E-state index is 0.0510. The first-order chi connectivity index (χ1) is 18.7. The first-order valence-corrected chi connectivity index (χ1v) is 12.7. The Bertz CT molecular complexity index is 1650. The van der Waals surface area contributed by atoms with Crippen molar-refractivity contribution in [2.24, 2.45) is 0 Å². The molecule has 5 rings (SSSR count). The first kappa shape index (κ1) is 26.1. The van der Waals surface area contributed by atoms with Gasteiger partial charge in [0.2, 0.25) is 0 Å². The molecule has 3 amide bonds. The maximum Gasteiger partial charge on any atom is 0.283 e. The van der Waals surface area contributed by atoms with Crippen LogP contribution in [0.25, 0.3) is 11.3 Å². The zero-order valence-corrected chi connectivity index (χ0v) is 21.8. The molecule has 196 valence electrons. The van der Waals surface area contributed by atoms with Crippen molar-refractivity contribution in [3.63, 3.8) is 0 Å². The summed E-state index contributed by atoms with van der Waals surface area (Å²) in [5.74, 6) is -1.70. The molecule has 0 bridgehead atoms. The Labute approximate surface area is 231 Å². The molecule has 1 aromatic heterocycles. The van der Waals surface area contributed by atoms with Crippen molar-refractivity contribution in [3.05, 3.63) is 105 Å². The molecule has 12 heteroatoms. The van der Waals surface area contributed by atoms with E-state index in [0.717, 1.165) is 10.5 Å². The molecule has 0 fully saturated rings. The number of thiazole rings is 1. The van der Waals surface area contributed by atoms with Crippen molar-refractivity contribution in [2.45, 2.75) is 6.92 Å². The molecule has 0 atom stereocenters. The summed E-state index contributed by atoms with van der Waals surface area (Å²) >= 11 is 7.42. The maximum atomic E-state index is 13.1. The van der Waals surface area contributed by atoms with Crippen molar-refractivity contribution in [1.29, 1.82) is 0 Å². The number of aromatic nitrogens is 1. The van der Waals surface area contributed by atoms with Crippen LogP contribution in [0.1, 0.15) is 15.9 Å². The van der Waals surface area contributed by atoms with Crippen molar-refractivity contribution >= 4 is 62.9 Å². The standard InChI is InChI=1S/C27H19ClN5O5S/c1-15-5-2-9-19(11-15)32-25(35)22(28)23(26(32)36)29-18-8-3-7-17(12-18)24(34)31-27-30-21(14-39-27)16-6-4-10-20(13-16)33(37)38/h2-14,29,37H,1H3,(H,30,31,34)/q-1. The van der Waals surface area contributed by atoms with Crippen LogP contribution in [0.15, 0.2) is 88.9 Å². The van der Waals surface area contributed by atoms with Gasteiger partial charge in [-0.25, -0.2) is 9.88 Å². The number of imide groups is 1. The molecule has 0 aliphatic carbocycles. The predicted molar refractivity (Wildman–Crippen MR) is 150 cm³/mol. The average Bonchev–Trinajstić information content (AvgIpc) is 3.47. The summed E-state index contributed by atoms with van der Waals surface area (Å²) in [6.07, 6.45) is 0. The van der Waals surface area contributed by atoms with Gasteiger partial charge in [0.05, 0.1) is 17.1 Å². The van der Waals surface area contributed by atoms with Gasteiger partial charge in [-0.05, 0) is 55.0 Å². The Balaban J connectivity index is 1.30. The Morgan fingerprint density at radius 2 is 1.82 bits per heavy atom. The number of halogens is 1. The van der Waals surface area contributed by atoms with Crippen LogP contribution in [0.4, 0.5) is 22.2 Å². The second-order valence-electron chi connectivity index (χ2n) is 8.49. The average molecular weight is 561 g/mol. The number of amides is 3. The third-order valence-electron chi connectivity index (χ3n) is 5.77. The highest BCUT2D eigenvalue weighted by molar-refractivity contribution is 7.14. The van der Waals surface area contributed by atoms with Crippen LogP contribution < -0.4 is 20.8 Å². The maximum absolute atomic E-state index is 13.1. The normalized spacial score (nSPS) is 13.2. The zero-order chi connectivity index (χ0) is 27.7. The Morgan fingerprint density at radius 3 is 2.59 bits per heavy atom. The van der Waals surface area contributed by atoms with Crippen LogP contribution in [0, 0.1) is 12.1 Å². The lowest BCUT2D eigenvalue weighted by atomic mass is 10.1. The van der Waals surface area contributed by atoms with Gasteiger partial charge in [-0.3, -0.25) is 24.9 Å². The number of carbonyl (C=O) groups is 3. The molecule has 0 saturated carbocycles. The van der Waals surface area contributed by atoms with Crippen LogP contribution in [0.5, 0.6) is 0 Å². The molecule has 1 aliphatic rings. The summed E-state index contributed by atoms with van der Waals surface area (Å²) in [5, 5.41) is 27.4. The van der Waals surface area contributed by atoms with E-state index < -0.39 is 17.7 Å². The smallest absolute Gasteiger partial charge is 0.283 e. The van der Waals surface area contributed by atoms with Gasteiger partial charge in [0.25, 0.3) is 17.7 Å². The van der Waals surface area contributed by atoms with E-state index in [1.165, 1.54) is 29.5 Å². The van der Waals surface area contributed by atoms with Crippen LogP contribution in [-0.4, -0.2) is 27.9 Å². The molecule has 10 nitrogen and oxygen atoms in total. The number of benzene rings is 3. The molecule has 0 spiro atoms. The van der Waals surface area contributed by atoms with E-state index in [9.17, 15) is 19.6 Å². The molecule has 0 radical (unpaired) electrons. The molecular weight excluding hydrogens is 542 g/mol. The second-order valence-corrected chi connectivity index (χ2v) is 9.73. The van der Waals surface area contributed by atoms with E-state index in [0.29, 0.717) is 27.8 Å². The lowest BCUT2D eigenvalue weighted by Gasteiger charge is -2.21. The zero-order valence-electron chi connectivity index (χ0n) is 20.2. The van der Waals surface area contributed by atoms with Gasteiger partial charge >= 0.3 is 0 Å². The number of carbonyl (C=O) groups excluding carboxylic acids is 3. The van der Waals surface area contributed by atoms with Crippen molar-refractivity contribution in [2.75, 3.05) is 20.8 Å². The van der Waals surface area contributed by atoms with Crippen LogP contribution >= 0.6 is 22.9 Å². The van der Waals surface area contributed by atoms with E-state index in [4.69, 9.17) is 16.8 Å². The summed E-state index contributed by atoms with van der Waals surface area (Å²) < 4.78 is 0. The molecule has 0 unspecified atom stereocenters. The minimum Gasteiger partial charge on any atom is -0.733 e. The summed E-state index contributed by atoms with van der Waals surface area (Å²) in [4.78, 5) is 44.1. The number of nitrogens with zero attached hydrogens (tertiary/aromatic N) is 3. The highest BCUT2D eigenvalue weighted by Crippen LogP contribution is 2.31. The van der Waals surface area contributed by atoms with Gasteiger partial charge in [-0.15, -0.1) is 11.3 Å². The molecule has 1 aliphatic heterocycles. The fourth-order valence-electron chi connectivity index (χ4n) is 3.91. The summed E-state index contributed by atoms with van der Waals surface area (Å²) in [7, 11) is 0. The molecule has 4 aromatic rings. The third kappa shape index (κ3) is 5.38. The highest BCUT2D eigenvalue weighted by atomic mass is 35.5. The Hall–Kier alpha value is -4.55. The minimum atomic E-state index is -0.643. The largest absolute Gasteiger partial charge is 0.733 e. The number of nitrogens with one attached hydrogen (secondary N) is 2.